The maximum Gasteiger partial charge on any atom is 0.142 e. The summed E-state index contributed by atoms with van der Waals surface area (Å²) in [6, 6.07) is 4.94. The first-order valence-electron chi connectivity index (χ1n) is 9.83. The lowest BCUT2D eigenvalue weighted by molar-refractivity contribution is 0.304. The molecule has 0 aliphatic heterocycles. The minimum Gasteiger partial charge on any atom is -0.493 e. The van der Waals surface area contributed by atoms with E-state index >= 15 is 0 Å². The number of allylic oxidation sites excluding steroid dienone is 2. The van der Waals surface area contributed by atoms with E-state index in [1.54, 1.807) is 12.1 Å². The third-order valence-electron chi connectivity index (χ3n) is 5.08. The lowest BCUT2D eigenvalue weighted by Gasteiger charge is -2.25. The van der Waals surface area contributed by atoms with Crippen molar-refractivity contribution in [2.75, 3.05) is 6.61 Å². The molecule has 2 rings (SSSR count). The van der Waals surface area contributed by atoms with E-state index in [1.165, 1.54) is 38.2 Å². The van der Waals surface area contributed by atoms with Gasteiger partial charge in [0.25, 0.3) is 0 Å². The van der Waals surface area contributed by atoms with Crippen molar-refractivity contribution < 1.29 is 9.13 Å². The number of rotatable bonds is 7. The van der Waals surface area contributed by atoms with E-state index < -0.39 is 0 Å². The van der Waals surface area contributed by atoms with Crippen molar-refractivity contribution in [2.45, 2.75) is 65.2 Å². The number of unbranched alkanes of at least 4 members (excludes halogenated alkanes) is 2. The van der Waals surface area contributed by atoms with Crippen LogP contribution in [0.15, 0.2) is 30.4 Å². The molecule has 136 valence electrons. The van der Waals surface area contributed by atoms with E-state index in [0.29, 0.717) is 23.8 Å². The van der Waals surface area contributed by atoms with Gasteiger partial charge in [-0.05, 0) is 62.1 Å². The zero-order chi connectivity index (χ0) is 17.9. The Kier molecular flexibility index (Phi) is 8.60. The maximum absolute atomic E-state index is 14.1. The number of hydrogen-bond donors (Lipinski definition) is 0. The monoisotopic (exact) mass is 342 g/mol. The number of benzene rings is 1. The molecule has 1 aliphatic rings. The standard InChI is InChI=1S/C23H31FO/c1-3-5-8-17-25-22-16-15-21(23(24)18-22)10-7-6-9-20-13-11-19(4-2)12-14-20/h6,9,15-16,18-20H,3-5,8,11-14,17H2,1-2H3. The Balaban J connectivity index is 1.82. The summed E-state index contributed by atoms with van der Waals surface area (Å²) in [6.07, 6.45) is 13.9. The van der Waals surface area contributed by atoms with Gasteiger partial charge in [-0.25, -0.2) is 4.39 Å². The first-order chi connectivity index (χ1) is 12.2. The fourth-order valence-corrected chi connectivity index (χ4v) is 3.32. The van der Waals surface area contributed by atoms with Crippen LogP contribution < -0.4 is 4.74 Å². The van der Waals surface area contributed by atoms with Crippen LogP contribution in [0.5, 0.6) is 5.75 Å². The fourth-order valence-electron chi connectivity index (χ4n) is 3.32. The van der Waals surface area contributed by atoms with Crippen molar-refractivity contribution in [3.05, 3.63) is 41.7 Å². The Morgan fingerprint density at radius 3 is 2.64 bits per heavy atom. The second-order valence-electron chi connectivity index (χ2n) is 7.01. The molecule has 0 atom stereocenters. The predicted molar refractivity (Wildman–Crippen MR) is 103 cm³/mol. The molecule has 2 heteroatoms. The Labute approximate surface area is 152 Å². The van der Waals surface area contributed by atoms with Crippen LogP contribution in [-0.2, 0) is 0 Å². The molecule has 0 spiro atoms. The van der Waals surface area contributed by atoms with Crippen molar-refractivity contribution >= 4 is 0 Å². The summed E-state index contributed by atoms with van der Waals surface area (Å²) < 4.78 is 19.6. The lowest BCUT2D eigenvalue weighted by atomic mass is 9.81. The van der Waals surface area contributed by atoms with E-state index in [2.05, 4.69) is 31.8 Å². The van der Waals surface area contributed by atoms with Crippen LogP contribution in [0.3, 0.4) is 0 Å². The van der Waals surface area contributed by atoms with Gasteiger partial charge in [-0.3, -0.25) is 0 Å². The number of halogens is 1. The molecule has 1 aliphatic carbocycles. The van der Waals surface area contributed by atoms with Crippen LogP contribution in [0, 0.1) is 29.5 Å². The molecule has 25 heavy (non-hydrogen) atoms. The molecule has 0 heterocycles. The van der Waals surface area contributed by atoms with Gasteiger partial charge in [0.1, 0.15) is 11.6 Å². The van der Waals surface area contributed by atoms with E-state index in [1.807, 2.05) is 6.08 Å². The van der Waals surface area contributed by atoms with Gasteiger partial charge in [-0.15, -0.1) is 0 Å². The van der Waals surface area contributed by atoms with E-state index in [9.17, 15) is 4.39 Å². The average Bonchev–Trinajstić information content (AvgIpc) is 2.64. The zero-order valence-corrected chi connectivity index (χ0v) is 15.7. The zero-order valence-electron chi connectivity index (χ0n) is 15.7. The number of hydrogen-bond acceptors (Lipinski definition) is 1. The smallest absolute Gasteiger partial charge is 0.142 e. The van der Waals surface area contributed by atoms with Gasteiger partial charge < -0.3 is 4.74 Å². The van der Waals surface area contributed by atoms with Crippen molar-refractivity contribution in [2.24, 2.45) is 11.8 Å². The molecule has 0 unspecified atom stereocenters. The molecule has 1 aromatic rings. The predicted octanol–water partition coefficient (Wildman–Crippen LogP) is 6.52. The van der Waals surface area contributed by atoms with Crippen LogP contribution in [0.25, 0.3) is 0 Å². The lowest BCUT2D eigenvalue weighted by Crippen LogP contribution is -2.11. The fraction of sp³-hybridized carbons (Fsp3) is 0.565. The third-order valence-corrected chi connectivity index (χ3v) is 5.08. The number of ether oxygens (including phenoxy) is 1. The van der Waals surface area contributed by atoms with Gasteiger partial charge >= 0.3 is 0 Å². The van der Waals surface area contributed by atoms with Crippen LogP contribution in [0.2, 0.25) is 0 Å². The summed E-state index contributed by atoms with van der Waals surface area (Å²) in [4.78, 5) is 0. The van der Waals surface area contributed by atoms with Crippen LogP contribution in [0.4, 0.5) is 4.39 Å². The Morgan fingerprint density at radius 2 is 1.96 bits per heavy atom. The van der Waals surface area contributed by atoms with Gasteiger partial charge in [-0.2, -0.15) is 0 Å². The molecule has 0 radical (unpaired) electrons. The van der Waals surface area contributed by atoms with Crippen molar-refractivity contribution in [1.29, 1.82) is 0 Å². The van der Waals surface area contributed by atoms with Gasteiger partial charge in [0.2, 0.25) is 0 Å². The molecule has 0 N–H and O–H groups in total. The second kappa shape index (κ2) is 11.0. The highest BCUT2D eigenvalue weighted by Gasteiger charge is 2.17. The minimum atomic E-state index is -0.308. The van der Waals surface area contributed by atoms with E-state index in [4.69, 9.17) is 4.74 Å². The molecular formula is C23H31FO. The van der Waals surface area contributed by atoms with Crippen LogP contribution in [0.1, 0.15) is 70.8 Å². The second-order valence-corrected chi connectivity index (χ2v) is 7.01. The topological polar surface area (TPSA) is 9.23 Å². The average molecular weight is 342 g/mol. The minimum absolute atomic E-state index is 0.308. The molecule has 0 saturated heterocycles. The van der Waals surface area contributed by atoms with Crippen LogP contribution in [-0.4, -0.2) is 6.61 Å². The van der Waals surface area contributed by atoms with Crippen LogP contribution >= 0.6 is 0 Å². The van der Waals surface area contributed by atoms with Gasteiger partial charge in [0.15, 0.2) is 0 Å². The van der Waals surface area contributed by atoms with Crippen molar-refractivity contribution in [3.63, 3.8) is 0 Å². The molecule has 1 nitrogen and oxygen atoms in total. The Bertz CT molecular complexity index is 600. The first-order valence-corrected chi connectivity index (χ1v) is 9.83. The molecule has 0 bridgehead atoms. The van der Waals surface area contributed by atoms with Gasteiger partial charge in [-0.1, -0.05) is 51.0 Å². The van der Waals surface area contributed by atoms with E-state index in [-0.39, 0.29) is 5.82 Å². The summed E-state index contributed by atoms with van der Waals surface area (Å²) in [6.45, 7) is 5.07. The summed E-state index contributed by atoms with van der Waals surface area (Å²) in [5.41, 5.74) is 0.431. The highest BCUT2D eigenvalue weighted by molar-refractivity contribution is 5.41. The SMILES string of the molecule is CCCCCOc1ccc(C#CC=CC2CCC(CC)CC2)c(F)c1. The Morgan fingerprint density at radius 1 is 1.16 bits per heavy atom. The molecule has 1 saturated carbocycles. The normalized spacial score (nSPS) is 20.3. The van der Waals surface area contributed by atoms with Gasteiger partial charge in [0, 0.05) is 6.07 Å². The van der Waals surface area contributed by atoms with Crippen molar-refractivity contribution in [1.82, 2.24) is 0 Å². The summed E-state index contributed by atoms with van der Waals surface area (Å²) in [7, 11) is 0. The summed E-state index contributed by atoms with van der Waals surface area (Å²) in [5, 5.41) is 0. The highest BCUT2D eigenvalue weighted by atomic mass is 19.1. The Hall–Kier alpha value is -1.75. The van der Waals surface area contributed by atoms with E-state index in [0.717, 1.165) is 25.2 Å². The largest absolute Gasteiger partial charge is 0.493 e. The third kappa shape index (κ3) is 6.94. The molecule has 1 fully saturated rings. The molecule has 1 aromatic carbocycles. The molecule has 0 aromatic heterocycles. The summed E-state index contributed by atoms with van der Waals surface area (Å²) in [5.74, 6) is 7.72. The molecular weight excluding hydrogens is 311 g/mol. The quantitative estimate of drug-likeness (QED) is 0.405. The highest BCUT2D eigenvalue weighted by Crippen LogP contribution is 2.31. The first kappa shape index (κ1) is 19.6. The maximum atomic E-state index is 14.1. The molecule has 0 amide bonds. The van der Waals surface area contributed by atoms with Gasteiger partial charge in [0.05, 0.1) is 12.2 Å². The van der Waals surface area contributed by atoms with Crippen molar-refractivity contribution in [3.8, 4) is 17.6 Å². The summed E-state index contributed by atoms with van der Waals surface area (Å²) >= 11 is 0.